The molecule has 3 atom stereocenters. The molecule has 28 heavy (non-hydrogen) atoms. The number of ether oxygens (including phenoxy) is 1. The molecule has 1 aromatic carbocycles. The number of carbonyl (C=O) groups is 1. The van der Waals surface area contributed by atoms with E-state index in [1.54, 1.807) is 12.2 Å². The molecule has 9 heteroatoms. The van der Waals surface area contributed by atoms with Crippen molar-refractivity contribution in [3.63, 3.8) is 0 Å². The Morgan fingerprint density at radius 2 is 2.00 bits per heavy atom. The number of hydrogen-bond acceptors (Lipinski definition) is 5. The Hall–Kier alpha value is -1.81. The summed E-state index contributed by atoms with van der Waals surface area (Å²) in [6, 6.07) is 3.85. The number of nitrogens with zero attached hydrogens (tertiary/aromatic N) is 1. The molecule has 0 saturated carbocycles. The van der Waals surface area contributed by atoms with E-state index >= 15 is 0 Å². The number of hydrogen-bond donors (Lipinski definition) is 2. The molecular weight excluding hydrogens is 387 g/mol. The van der Waals surface area contributed by atoms with Crippen LogP contribution in [0.25, 0.3) is 0 Å². The van der Waals surface area contributed by atoms with Crippen LogP contribution in [0, 0.1) is 5.82 Å². The van der Waals surface area contributed by atoms with Gasteiger partial charge < -0.3 is 14.7 Å². The summed E-state index contributed by atoms with van der Waals surface area (Å²) in [5.41, 5.74) is 0. The predicted molar refractivity (Wildman–Crippen MR) is 100 cm³/mol. The topological polar surface area (TPSA) is 95.9 Å². The summed E-state index contributed by atoms with van der Waals surface area (Å²) in [4.78, 5) is 14.0. The van der Waals surface area contributed by atoms with Gasteiger partial charge in [-0.3, -0.25) is 4.79 Å². The summed E-state index contributed by atoms with van der Waals surface area (Å²) < 4.78 is 46.4. The van der Waals surface area contributed by atoms with Crippen molar-refractivity contribution in [1.29, 1.82) is 0 Å². The maximum absolute atomic E-state index is 13.3. The van der Waals surface area contributed by atoms with E-state index in [4.69, 9.17) is 4.74 Å². The van der Waals surface area contributed by atoms with E-state index in [-0.39, 0.29) is 17.2 Å². The smallest absolute Gasteiger partial charge is 0.241 e. The van der Waals surface area contributed by atoms with E-state index < -0.39 is 40.7 Å². The van der Waals surface area contributed by atoms with Gasteiger partial charge in [0.2, 0.25) is 15.9 Å². The van der Waals surface area contributed by atoms with Gasteiger partial charge >= 0.3 is 0 Å². The monoisotopic (exact) mass is 412 g/mol. The Bertz CT molecular complexity index is 823. The Morgan fingerprint density at radius 1 is 1.25 bits per heavy atom. The molecule has 1 fully saturated rings. The van der Waals surface area contributed by atoms with Crippen LogP contribution in [-0.2, 0) is 19.6 Å². The number of carbonyl (C=O) groups excluding carboxylic acids is 1. The van der Waals surface area contributed by atoms with Crippen LogP contribution in [-0.4, -0.2) is 62.3 Å². The molecule has 2 heterocycles. The van der Waals surface area contributed by atoms with Crippen molar-refractivity contribution < 1.29 is 27.4 Å². The van der Waals surface area contributed by atoms with E-state index in [0.29, 0.717) is 0 Å². The number of halogens is 1. The van der Waals surface area contributed by atoms with Crippen molar-refractivity contribution >= 4 is 15.9 Å². The minimum Gasteiger partial charge on any atom is -0.394 e. The fourth-order valence-corrected chi connectivity index (χ4v) is 4.69. The number of nitrogens with one attached hydrogen (secondary N) is 1. The zero-order valence-corrected chi connectivity index (χ0v) is 16.3. The maximum Gasteiger partial charge on any atom is 0.241 e. The van der Waals surface area contributed by atoms with Gasteiger partial charge in [0.05, 0.1) is 30.1 Å². The number of sulfonamides is 1. The fourth-order valence-electron chi connectivity index (χ4n) is 3.44. The first-order valence-electron chi connectivity index (χ1n) is 9.39. The average Bonchev–Trinajstić information content (AvgIpc) is 2.69. The lowest BCUT2D eigenvalue weighted by Gasteiger charge is -2.33. The molecule has 0 spiro atoms. The summed E-state index contributed by atoms with van der Waals surface area (Å²) in [7, 11) is -3.99. The zero-order chi connectivity index (χ0) is 20.1. The third-order valence-corrected chi connectivity index (χ3v) is 6.40. The van der Waals surface area contributed by atoms with Gasteiger partial charge in [0.25, 0.3) is 0 Å². The Balaban J connectivity index is 1.65. The molecule has 7 nitrogen and oxygen atoms in total. The van der Waals surface area contributed by atoms with E-state index in [1.807, 2.05) is 4.90 Å². The number of rotatable bonds is 6. The fraction of sp³-hybridized carbons (Fsp3) is 0.526. The van der Waals surface area contributed by atoms with Crippen molar-refractivity contribution in [1.82, 2.24) is 9.62 Å². The normalized spacial score (nSPS) is 25.6. The van der Waals surface area contributed by atoms with Crippen molar-refractivity contribution in [3.8, 4) is 0 Å². The minimum atomic E-state index is -3.99. The largest absolute Gasteiger partial charge is 0.394 e. The Morgan fingerprint density at radius 3 is 2.68 bits per heavy atom. The molecular formula is C19H25FN2O5S. The molecule has 0 bridgehead atoms. The molecule has 1 aromatic rings. The molecule has 0 aliphatic carbocycles. The molecule has 2 N–H and O–H groups in total. The molecule has 154 valence electrons. The molecule has 2 aliphatic heterocycles. The highest BCUT2D eigenvalue weighted by Gasteiger charge is 2.32. The van der Waals surface area contributed by atoms with E-state index in [0.717, 1.165) is 44.5 Å². The molecule has 2 aliphatic rings. The highest BCUT2D eigenvalue weighted by molar-refractivity contribution is 7.89. The summed E-state index contributed by atoms with van der Waals surface area (Å²) in [5.74, 6) is -0.668. The number of benzene rings is 1. The highest BCUT2D eigenvalue weighted by Crippen LogP contribution is 2.20. The Kier molecular flexibility index (Phi) is 6.82. The van der Waals surface area contributed by atoms with Crippen LogP contribution in [0.1, 0.15) is 25.7 Å². The second kappa shape index (κ2) is 9.13. The van der Waals surface area contributed by atoms with Gasteiger partial charge in [-0.1, -0.05) is 18.2 Å². The molecule has 1 saturated heterocycles. The van der Waals surface area contributed by atoms with Crippen molar-refractivity contribution in [3.05, 3.63) is 42.2 Å². The number of amides is 1. The van der Waals surface area contributed by atoms with Crippen LogP contribution in [0.15, 0.2) is 41.3 Å². The molecule has 0 aromatic heterocycles. The third kappa shape index (κ3) is 5.16. The summed E-state index contributed by atoms with van der Waals surface area (Å²) in [5, 5.41) is 9.62. The second-order valence-electron chi connectivity index (χ2n) is 7.03. The van der Waals surface area contributed by atoms with Crippen molar-refractivity contribution in [2.45, 2.75) is 48.8 Å². The third-order valence-electron chi connectivity index (χ3n) is 4.95. The second-order valence-corrected chi connectivity index (χ2v) is 8.74. The average molecular weight is 412 g/mol. The lowest BCUT2D eigenvalue weighted by Crippen LogP contribution is -2.49. The first kappa shape index (κ1) is 20.9. The number of likely N-dealkylation sites (tertiary alicyclic amines) is 1. The highest BCUT2D eigenvalue weighted by atomic mass is 32.2. The number of piperidine rings is 1. The van der Waals surface area contributed by atoms with Gasteiger partial charge in [-0.15, -0.1) is 0 Å². The van der Waals surface area contributed by atoms with Crippen LogP contribution in [0.3, 0.4) is 0 Å². The van der Waals surface area contributed by atoms with E-state index in [1.165, 1.54) is 12.1 Å². The Labute approximate surface area is 164 Å². The van der Waals surface area contributed by atoms with Gasteiger partial charge in [0.15, 0.2) is 0 Å². The van der Waals surface area contributed by atoms with Crippen molar-refractivity contribution in [2.75, 3.05) is 19.7 Å². The molecule has 0 unspecified atom stereocenters. The standard InChI is InChI=1S/C19H25FN2O5S/c20-14-5-4-6-16(11-14)28(25,26)21-17-8-7-15(27-18(17)13-23)12-19(24)22-9-2-1-3-10-22/h4-8,11,15,17-18,21,23H,1-3,9-10,12-13H2/t15-,17-,18-/m0/s1. The first-order chi connectivity index (χ1) is 13.4. The van der Waals surface area contributed by atoms with E-state index in [2.05, 4.69) is 4.72 Å². The maximum atomic E-state index is 13.3. The quantitative estimate of drug-likeness (QED) is 0.685. The molecule has 0 radical (unpaired) electrons. The van der Waals surface area contributed by atoms with Gasteiger partial charge in [0, 0.05) is 13.1 Å². The zero-order valence-electron chi connectivity index (χ0n) is 15.5. The SMILES string of the molecule is O=C(C[C@@H]1C=C[C@H](NS(=O)(=O)c2cccc(F)c2)[C@H](CO)O1)N1CCCCC1. The van der Waals surface area contributed by atoms with Crippen molar-refractivity contribution in [2.24, 2.45) is 0 Å². The number of aliphatic hydroxyl groups excluding tert-OH is 1. The number of aliphatic hydroxyl groups is 1. The van der Waals surface area contributed by atoms with Gasteiger partial charge in [-0.25, -0.2) is 17.5 Å². The van der Waals surface area contributed by atoms with Crippen LogP contribution in [0.2, 0.25) is 0 Å². The van der Waals surface area contributed by atoms with Gasteiger partial charge in [-0.2, -0.15) is 0 Å². The van der Waals surface area contributed by atoms with Crippen LogP contribution >= 0.6 is 0 Å². The summed E-state index contributed by atoms with van der Waals surface area (Å²) in [6.07, 6.45) is 5.11. The lowest BCUT2D eigenvalue weighted by molar-refractivity contribution is -0.136. The van der Waals surface area contributed by atoms with Crippen LogP contribution < -0.4 is 4.72 Å². The molecule has 1 amide bonds. The predicted octanol–water partition coefficient (Wildman–Crippen LogP) is 1.19. The lowest BCUT2D eigenvalue weighted by atomic mass is 10.0. The summed E-state index contributed by atoms with van der Waals surface area (Å²) in [6.45, 7) is 1.07. The van der Waals surface area contributed by atoms with Gasteiger partial charge in [-0.05, 0) is 37.5 Å². The minimum absolute atomic E-state index is 0.00942. The van der Waals surface area contributed by atoms with Gasteiger partial charge in [0.1, 0.15) is 11.9 Å². The van der Waals surface area contributed by atoms with Crippen LogP contribution in [0.4, 0.5) is 4.39 Å². The first-order valence-corrected chi connectivity index (χ1v) is 10.9. The molecule has 3 rings (SSSR count). The van der Waals surface area contributed by atoms with E-state index in [9.17, 15) is 22.7 Å². The van der Waals surface area contributed by atoms with Crippen LogP contribution in [0.5, 0.6) is 0 Å². The summed E-state index contributed by atoms with van der Waals surface area (Å²) >= 11 is 0.